The lowest BCUT2D eigenvalue weighted by Gasteiger charge is -2.21. The van der Waals surface area contributed by atoms with Crippen LogP contribution in [-0.4, -0.2) is 33.6 Å². The molecule has 4 N–H and O–H groups in total. The van der Waals surface area contributed by atoms with Crippen LogP contribution >= 0.6 is 23.2 Å². The average Bonchev–Trinajstić information content (AvgIpc) is 3.09. The molecule has 0 bridgehead atoms. The minimum atomic E-state index is -0.0372. The summed E-state index contributed by atoms with van der Waals surface area (Å²) in [5, 5.41) is 15.6. The molecular formula is C19H20Cl2N6O. The number of rotatable bonds is 4. The van der Waals surface area contributed by atoms with Gasteiger partial charge >= 0.3 is 0 Å². The van der Waals surface area contributed by atoms with Crippen LogP contribution in [0.5, 0.6) is 0 Å². The highest BCUT2D eigenvalue weighted by atomic mass is 35.5. The standard InChI is InChI=1S/C19H20Cl2N6O/c20-13-1-2-14(16(21)8-13)15-10-27-17(7-12(15)9-22)25-26-19(27)24-18(28)11-3-5-23-6-4-11/h1-2,7-8,10-11,23H,3-6,9,22H2,(H,24,26,28). The van der Waals surface area contributed by atoms with Crippen molar-refractivity contribution in [1.82, 2.24) is 19.9 Å². The number of nitrogens with two attached hydrogens (primary N) is 1. The second-order valence-corrected chi connectivity index (χ2v) is 7.65. The topological polar surface area (TPSA) is 97.3 Å². The lowest BCUT2D eigenvalue weighted by Crippen LogP contribution is -2.35. The molecule has 0 spiro atoms. The summed E-state index contributed by atoms with van der Waals surface area (Å²) in [4.78, 5) is 12.6. The molecule has 1 saturated heterocycles. The van der Waals surface area contributed by atoms with E-state index in [9.17, 15) is 4.79 Å². The minimum absolute atomic E-state index is 0.0258. The molecule has 9 heteroatoms. The normalized spacial score (nSPS) is 15.1. The summed E-state index contributed by atoms with van der Waals surface area (Å²) in [6.07, 6.45) is 3.47. The number of benzene rings is 1. The molecular weight excluding hydrogens is 399 g/mol. The summed E-state index contributed by atoms with van der Waals surface area (Å²) in [6, 6.07) is 7.17. The van der Waals surface area contributed by atoms with Crippen molar-refractivity contribution in [2.75, 3.05) is 18.4 Å². The number of aromatic nitrogens is 3. The monoisotopic (exact) mass is 418 g/mol. The molecule has 3 heterocycles. The molecule has 0 atom stereocenters. The molecule has 146 valence electrons. The van der Waals surface area contributed by atoms with Crippen molar-refractivity contribution in [1.29, 1.82) is 0 Å². The van der Waals surface area contributed by atoms with E-state index in [1.165, 1.54) is 0 Å². The van der Waals surface area contributed by atoms with Gasteiger partial charge in [-0.1, -0.05) is 29.3 Å². The van der Waals surface area contributed by atoms with Crippen LogP contribution in [0.4, 0.5) is 5.95 Å². The number of amides is 1. The maximum absolute atomic E-state index is 12.6. The number of halogens is 2. The Hall–Kier alpha value is -2.19. The van der Waals surface area contributed by atoms with Gasteiger partial charge < -0.3 is 11.1 Å². The van der Waals surface area contributed by atoms with Crippen LogP contribution < -0.4 is 16.4 Å². The van der Waals surface area contributed by atoms with Crippen LogP contribution in [0.1, 0.15) is 18.4 Å². The fourth-order valence-corrected chi connectivity index (χ4v) is 3.99. The van der Waals surface area contributed by atoms with Crippen LogP contribution in [0.15, 0.2) is 30.5 Å². The summed E-state index contributed by atoms with van der Waals surface area (Å²) in [5.41, 5.74) is 9.07. The van der Waals surface area contributed by atoms with E-state index in [1.54, 1.807) is 16.5 Å². The molecule has 4 rings (SSSR count). The fraction of sp³-hybridized carbons (Fsp3) is 0.316. The van der Waals surface area contributed by atoms with Gasteiger partial charge in [0.25, 0.3) is 0 Å². The number of hydrogen-bond donors (Lipinski definition) is 3. The SMILES string of the molecule is NCc1cc2nnc(NC(=O)C3CCNCC3)n2cc1-c1ccc(Cl)cc1Cl. The Morgan fingerprint density at radius 2 is 2.00 bits per heavy atom. The van der Waals surface area contributed by atoms with Crippen molar-refractivity contribution < 1.29 is 4.79 Å². The van der Waals surface area contributed by atoms with E-state index in [1.807, 2.05) is 18.3 Å². The van der Waals surface area contributed by atoms with Crippen molar-refractivity contribution in [3.63, 3.8) is 0 Å². The number of fused-ring (bicyclic) bond motifs is 1. The average molecular weight is 419 g/mol. The smallest absolute Gasteiger partial charge is 0.235 e. The van der Waals surface area contributed by atoms with Crippen LogP contribution in [0.2, 0.25) is 10.0 Å². The van der Waals surface area contributed by atoms with Crippen molar-refractivity contribution in [2.45, 2.75) is 19.4 Å². The number of anilines is 1. The summed E-state index contributed by atoms with van der Waals surface area (Å²) in [5.74, 6) is 0.320. The number of carbonyl (C=O) groups is 1. The predicted octanol–water partition coefficient (Wildman–Crippen LogP) is 3.10. The highest BCUT2D eigenvalue weighted by Gasteiger charge is 2.23. The quantitative estimate of drug-likeness (QED) is 0.604. The van der Waals surface area contributed by atoms with Gasteiger partial charge in [0.2, 0.25) is 11.9 Å². The van der Waals surface area contributed by atoms with Gasteiger partial charge in [-0.2, -0.15) is 0 Å². The van der Waals surface area contributed by atoms with Crippen molar-refractivity contribution in [3.8, 4) is 11.1 Å². The summed E-state index contributed by atoms with van der Waals surface area (Å²) >= 11 is 12.4. The largest absolute Gasteiger partial charge is 0.326 e. The Balaban J connectivity index is 1.73. The maximum atomic E-state index is 12.6. The van der Waals surface area contributed by atoms with Crippen molar-refractivity contribution >= 4 is 40.7 Å². The third-order valence-corrected chi connectivity index (χ3v) is 5.56. The van der Waals surface area contributed by atoms with E-state index < -0.39 is 0 Å². The number of nitrogens with zero attached hydrogens (tertiary/aromatic N) is 3. The summed E-state index contributed by atoms with van der Waals surface area (Å²) in [6.45, 7) is 2.00. The Bertz CT molecular complexity index is 1030. The predicted molar refractivity (Wildman–Crippen MR) is 111 cm³/mol. The second-order valence-electron chi connectivity index (χ2n) is 6.81. The van der Waals surface area contributed by atoms with Gasteiger partial charge in [0, 0.05) is 39.8 Å². The molecule has 1 aromatic carbocycles. The summed E-state index contributed by atoms with van der Waals surface area (Å²) < 4.78 is 1.75. The number of carbonyl (C=O) groups excluding carboxylic acids is 1. The zero-order chi connectivity index (χ0) is 19.7. The van der Waals surface area contributed by atoms with Gasteiger partial charge in [0.1, 0.15) is 0 Å². The van der Waals surface area contributed by atoms with E-state index in [-0.39, 0.29) is 11.8 Å². The minimum Gasteiger partial charge on any atom is -0.326 e. The van der Waals surface area contributed by atoms with Gasteiger partial charge in [-0.05, 0) is 49.7 Å². The zero-order valence-corrected chi connectivity index (χ0v) is 16.6. The van der Waals surface area contributed by atoms with E-state index in [2.05, 4.69) is 20.8 Å². The van der Waals surface area contributed by atoms with E-state index in [0.29, 0.717) is 28.2 Å². The number of piperidine rings is 1. The first-order valence-electron chi connectivity index (χ1n) is 9.11. The molecule has 1 amide bonds. The van der Waals surface area contributed by atoms with Gasteiger partial charge in [-0.15, -0.1) is 10.2 Å². The van der Waals surface area contributed by atoms with Crippen molar-refractivity contribution in [3.05, 3.63) is 46.1 Å². The molecule has 1 aliphatic rings. The first-order valence-corrected chi connectivity index (χ1v) is 9.87. The van der Waals surface area contributed by atoms with Gasteiger partial charge in [0.05, 0.1) is 0 Å². The zero-order valence-electron chi connectivity index (χ0n) is 15.1. The molecule has 0 unspecified atom stereocenters. The first kappa shape index (κ1) is 19.1. The van der Waals surface area contributed by atoms with E-state index in [0.717, 1.165) is 42.6 Å². The van der Waals surface area contributed by atoms with Gasteiger partial charge in [-0.3, -0.25) is 14.5 Å². The second kappa shape index (κ2) is 8.05. The Kier molecular flexibility index (Phi) is 5.50. The fourth-order valence-electron chi connectivity index (χ4n) is 3.48. The van der Waals surface area contributed by atoms with Crippen LogP contribution in [0.25, 0.3) is 16.8 Å². The Morgan fingerprint density at radius 3 is 2.71 bits per heavy atom. The molecule has 0 aliphatic carbocycles. The number of hydrogen-bond acceptors (Lipinski definition) is 5. The molecule has 3 aromatic rings. The Morgan fingerprint density at radius 1 is 1.21 bits per heavy atom. The van der Waals surface area contributed by atoms with Crippen LogP contribution in [0, 0.1) is 5.92 Å². The highest BCUT2D eigenvalue weighted by Crippen LogP contribution is 2.33. The lowest BCUT2D eigenvalue weighted by atomic mass is 9.97. The lowest BCUT2D eigenvalue weighted by molar-refractivity contribution is -0.120. The first-order chi connectivity index (χ1) is 13.6. The molecule has 7 nitrogen and oxygen atoms in total. The molecule has 28 heavy (non-hydrogen) atoms. The molecule has 2 aromatic heterocycles. The molecule has 0 saturated carbocycles. The third-order valence-electron chi connectivity index (χ3n) is 5.02. The van der Waals surface area contributed by atoms with E-state index in [4.69, 9.17) is 28.9 Å². The number of nitrogens with one attached hydrogen (secondary N) is 2. The van der Waals surface area contributed by atoms with Gasteiger partial charge in [0.15, 0.2) is 5.65 Å². The molecule has 0 radical (unpaired) electrons. The van der Waals surface area contributed by atoms with Crippen molar-refractivity contribution in [2.24, 2.45) is 11.7 Å². The number of pyridine rings is 1. The maximum Gasteiger partial charge on any atom is 0.235 e. The van der Waals surface area contributed by atoms with E-state index >= 15 is 0 Å². The van der Waals surface area contributed by atoms with Crippen LogP contribution in [0.3, 0.4) is 0 Å². The third kappa shape index (κ3) is 3.71. The summed E-state index contributed by atoms with van der Waals surface area (Å²) in [7, 11) is 0. The van der Waals surface area contributed by atoms with Gasteiger partial charge in [-0.25, -0.2) is 0 Å². The molecule has 1 fully saturated rings. The highest BCUT2D eigenvalue weighted by molar-refractivity contribution is 6.36. The Labute approximate surface area is 172 Å². The molecule has 1 aliphatic heterocycles. The van der Waals surface area contributed by atoms with Crippen LogP contribution in [-0.2, 0) is 11.3 Å².